The first-order valence-electron chi connectivity index (χ1n) is 19.6. The molecule has 0 unspecified atom stereocenters. The van der Waals surface area contributed by atoms with Gasteiger partial charge in [0.1, 0.15) is 24.2 Å². The minimum absolute atomic E-state index is 0.107. The van der Waals surface area contributed by atoms with E-state index in [0.717, 1.165) is 59.4 Å². The quantitative estimate of drug-likeness (QED) is 0.183. The molecule has 0 saturated carbocycles. The van der Waals surface area contributed by atoms with Gasteiger partial charge in [-0.1, -0.05) is 13.8 Å². The highest BCUT2D eigenvalue weighted by Gasteiger charge is 2.29. The highest BCUT2D eigenvalue weighted by molar-refractivity contribution is 9.69. The number of ether oxygens (including phenoxy) is 1. The largest absolute Gasteiger partial charge is 0.508 e. The first-order valence-corrected chi connectivity index (χ1v) is 22.4. The van der Waals surface area contributed by atoms with E-state index in [1.165, 1.54) is 15.5 Å². The van der Waals surface area contributed by atoms with E-state index < -0.39 is 0 Å². The number of amides is 4. The molecule has 6 rings (SSSR count). The van der Waals surface area contributed by atoms with Crippen molar-refractivity contribution in [2.75, 3.05) is 47.4 Å². The molecule has 0 aliphatic carbocycles. The van der Waals surface area contributed by atoms with Crippen LogP contribution in [0.3, 0.4) is 0 Å². The van der Waals surface area contributed by atoms with Gasteiger partial charge < -0.3 is 29.4 Å². The fourth-order valence-electron chi connectivity index (χ4n) is 7.13. The normalized spacial score (nSPS) is 14.3. The molecule has 2 fully saturated rings. The average Bonchev–Trinajstić information content (AvgIpc) is 3.95. The number of carbonyl (C=O) groups excluding carboxylic acids is 4. The number of aromatic nitrogens is 4. The number of halogens is 3. The molecule has 0 spiro atoms. The van der Waals surface area contributed by atoms with Crippen molar-refractivity contribution in [2.45, 2.75) is 78.3 Å². The van der Waals surface area contributed by atoms with Crippen LogP contribution in [0.15, 0.2) is 61.4 Å². The van der Waals surface area contributed by atoms with Gasteiger partial charge >= 0.3 is 15.2 Å². The predicted octanol–water partition coefficient (Wildman–Crippen LogP) is 8.19. The van der Waals surface area contributed by atoms with Gasteiger partial charge in [0.15, 0.2) is 0 Å². The van der Waals surface area contributed by atoms with E-state index in [-0.39, 0.29) is 44.9 Å². The lowest BCUT2D eigenvalue weighted by atomic mass is 10.0. The van der Waals surface area contributed by atoms with Crippen LogP contribution in [0.2, 0.25) is 0 Å². The summed E-state index contributed by atoms with van der Waals surface area (Å²) in [4.78, 5) is 65.3. The van der Waals surface area contributed by atoms with Gasteiger partial charge in [-0.05, 0) is 87.1 Å². The van der Waals surface area contributed by atoms with E-state index in [2.05, 4.69) is 57.2 Å². The minimum Gasteiger partial charge on any atom is -0.508 e. The van der Waals surface area contributed by atoms with Crippen LogP contribution in [0, 0.1) is 13.8 Å². The van der Waals surface area contributed by atoms with Crippen molar-refractivity contribution in [2.24, 2.45) is 0 Å². The molecule has 4 heterocycles. The van der Waals surface area contributed by atoms with Crippen LogP contribution in [0.4, 0.5) is 9.59 Å². The van der Waals surface area contributed by atoms with E-state index in [9.17, 15) is 24.3 Å². The summed E-state index contributed by atoms with van der Waals surface area (Å²) in [5, 5.41) is 9.66. The fourth-order valence-corrected chi connectivity index (χ4v) is 7.13. The second-order valence-corrected chi connectivity index (χ2v) is 20.9. The molecule has 2 aromatic carbocycles. The Labute approximate surface area is 372 Å². The first-order chi connectivity index (χ1) is 28.1. The number of aromatic hydroxyl groups is 1. The van der Waals surface area contributed by atoms with E-state index in [1.54, 1.807) is 54.8 Å². The highest BCUT2D eigenvalue weighted by atomic mass is 79.9. The van der Waals surface area contributed by atoms with Crippen LogP contribution in [-0.4, -0.2) is 130 Å². The molecule has 2 aliphatic heterocycles. The number of carbonyl (C=O) groups is 4. The second kappa shape index (κ2) is 22.4. The van der Waals surface area contributed by atoms with Crippen LogP contribution in [0.1, 0.15) is 63.5 Å². The number of likely N-dealkylation sites (tertiary alicyclic amines) is 2. The summed E-state index contributed by atoms with van der Waals surface area (Å²) in [7, 11) is 5.27. The molecular weight excluding hydrogens is 951 g/mol. The number of aryl methyl sites for hydroxylation is 2. The summed E-state index contributed by atoms with van der Waals surface area (Å²) >= 11 is 9.31. The zero-order valence-corrected chi connectivity index (χ0v) is 39.5. The van der Waals surface area contributed by atoms with Crippen molar-refractivity contribution >= 4 is 74.3 Å². The zero-order valence-electron chi connectivity index (χ0n) is 34.8. The van der Waals surface area contributed by atoms with E-state index in [0.29, 0.717) is 44.7 Å². The molecule has 2 aliphatic rings. The van der Waals surface area contributed by atoms with Crippen LogP contribution in [-0.2, 0) is 9.59 Å². The highest BCUT2D eigenvalue weighted by Crippen LogP contribution is 2.27. The number of methoxy groups -OCH3 is 1. The number of benzene rings is 2. The maximum absolute atomic E-state index is 12.9. The number of hydrogen-bond donors (Lipinski definition) is 1. The number of rotatable bonds is 7. The van der Waals surface area contributed by atoms with Crippen molar-refractivity contribution in [1.82, 2.24) is 38.7 Å². The Kier molecular flexibility index (Phi) is 18.1. The maximum atomic E-state index is 12.9. The second-order valence-electron chi connectivity index (χ2n) is 14.5. The molecule has 14 nitrogen and oxygen atoms in total. The van der Waals surface area contributed by atoms with Crippen molar-refractivity contribution in [3.8, 4) is 34.0 Å². The van der Waals surface area contributed by atoms with E-state index in [1.807, 2.05) is 68.8 Å². The number of imidazole rings is 2. The summed E-state index contributed by atoms with van der Waals surface area (Å²) in [6.45, 7) is 10.3. The van der Waals surface area contributed by atoms with Crippen molar-refractivity contribution in [3.63, 3.8) is 0 Å². The van der Waals surface area contributed by atoms with Crippen molar-refractivity contribution < 1.29 is 29.0 Å². The van der Waals surface area contributed by atoms with E-state index >= 15 is 0 Å². The molecule has 2 saturated heterocycles. The Hall–Kier alpha value is -4.16. The zero-order chi connectivity index (χ0) is 43.4. The summed E-state index contributed by atoms with van der Waals surface area (Å²) < 4.78 is 8.58. The lowest BCUT2D eigenvalue weighted by Gasteiger charge is -2.36. The van der Waals surface area contributed by atoms with Gasteiger partial charge in [-0.15, -0.1) is 47.3 Å². The molecule has 59 heavy (non-hydrogen) atoms. The molecule has 0 atom stereocenters. The topological polar surface area (TPSA) is 146 Å². The van der Waals surface area contributed by atoms with Crippen LogP contribution in [0.25, 0.3) is 22.5 Å². The third kappa shape index (κ3) is 12.9. The number of hydrogen-bond acceptors (Lipinski definition) is 8. The van der Waals surface area contributed by atoms with Crippen molar-refractivity contribution in [1.29, 1.82) is 0 Å². The molecule has 18 heteroatoms. The Balaban J connectivity index is 0.000000239. The molecular formula is C41H54BBr3N8O6. The predicted molar refractivity (Wildman–Crippen MR) is 242 cm³/mol. The fraction of sp³-hybridized carbons (Fsp3) is 0.463. The Morgan fingerprint density at radius 1 is 0.729 bits per heavy atom. The average molecular weight is 1010 g/mol. The number of nitrogens with zero attached hydrogens (tertiary/aromatic N) is 8. The Morgan fingerprint density at radius 2 is 1.12 bits per heavy atom. The van der Waals surface area contributed by atoms with Crippen molar-refractivity contribution in [3.05, 3.63) is 72.6 Å². The summed E-state index contributed by atoms with van der Waals surface area (Å²) in [5.74, 6) is 1.42. The third-order valence-corrected chi connectivity index (χ3v) is 10.7. The SMILES string of the molecule is BrB(Br)Br.CCC(=O)N1CCC(N(C)C(=O)n2cnc(-c3ccc(O)c(C)c3)c2)CC1.CCC(=O)N1CCC(N(C)C(=O)n2cnc(-c3ccc(OC)c(C)c3)c2)CC1. The molecule has 0 radical (unpaired) electrons. The standard InChI is InChI=1S/C21H28N4O3.C20H26N4O3.BBr3/c1-5-20(26)24-10-8-17(9-11-24)23(3)21(27)25-13-18(22-14-25)16-6-7-19(28-4)15(2)12-16;1-4-19(26)23-9-7-16(8-10-23)22(3)20(27)24-12-17(21-13-24)15-5-6-18(25)14(2)11-15;2-1(3)4/h6-7,12-14,17H,5,8-11H2,1-4H3;5-6,11-13,16,25H,4,7-10H2,1-3H3;. The van der Waals surface area contributed by atoms with Gasteiger partial charge in [0, 0.05) is 88.7 Å². The number of phenols is 1. The summed E-state index contributed by atoms with van der Waals surface area (Å²) in [5.41, 5.74) is 5.01. The Bertz CT molecular complexity index is 2040. The molecule has 4 aromatic rings. The molecule has 1 N–H and O–H groups in total. The van der Waals surface area contributed by atoms with Crippen LogP contribution in [0.5, 0.6) is 11.5 Å². The summed E-state index contributed by atoms with van der Waals surface area (Å²) in [6.07, 6.45) is 10.8. The number of phenolic OH excluding ortho intramolecular Hbond substituents is 1. The van der Waals surface area contributed by atoms with Gasteiger partial charge in [0.2, 0.25) is 11.8 Å². The maximum Gasteiger partial charge on any atom is 0.369 e. The van der Waals surface area contributed by atoms with E-state index in [4.69, 9.17) is 4.74 Å². The monoisotopic (exact) mass is 1000 g/mol. The third-order valence-electron chi connectivity index (χ3n) is 10.7. The lowest BCUT2D eigenvalue weighted by molar-refractivity contribution is -0.133. The number of piperidine rings is 2. The molecule has 4 amide bonds. The molecule has 318 valence electrons. The van der Waals surface area contributed by atoms with Gasteiger partial charge in [-0.2, -0.15) is 0 Å². The smallest absolute Gasteiger partial charge is 0.369 e. The van der Waals surface area contributed by atoms with Gasteiger partial charge in [0.25, 0.3) is 0 Å². The Morgan fingerprint density at radius 3 is 1.47 bits per heavy atom. The minimum atomic E-state index is -0.135. The lowest BCUT2D eigenvalue weighted by Crippen LogP contribution is -2.48. The van der Waals surface area contributed by atoms with Gasteiger partial charge in [-0.25, -0.2) is 19.6 Å². The first kappa shape index (κ1) is 47.5. The van der Waals surface area contributed by atoms with Gasteiger partial charge in [0.05, 0.1) is 18.5 Å². The van der Waals surface area contributed by atoms with Crippen LogP contribution < -0.4 is 4.74 Å². The van der Waals surface area contributed by atoms with Gasteiger partial charge in [-0.3, -0.25) is 18.7 Å². The van der Waals surface area contributed by atoms with Crippen LogP contribution >= 0.6 is 47.3 Å². The summed E-state index contributed by atoms with van der Waals surface area (Å²) in [6, 6.07) is 11.1. The molecule has 2 aromatic heterocycles. The molecule has 0 bridgehead atoms.